The third-order valence-corrected chi connectivity index (χ3v) is 4.38. The Balaban J connectivity index is 1.71. The Morgan fingerprint density at radius 2 is 2.30 bits per heavy atom. The van der Waals surface area contributed by atoms with E-state index in [1.54, 1.807) is 21.7 Å². The van der Waals surface area contributed by atoms with Gasteiger partial charge in [0.2, 0.25) is 0 Å². The smallest absolute Gasteiger partial charge is 0.415 e. The number of cyclic esters (lactones) is 1. The van der Waals surface area contributed by atoms with Gasteiger partial charge in [0.25, 0.3) is 0 Å². The number of anilines is 1. The van der Waals surface area contributed by atoms with E-state index in [1.165, 1.54) is 12.8 Å². The number of hydrogen-bond acceptors (Lipinski definition) is 4. The summed E-state index contributed by atoms with van der Waals surface area (Å²) < 4.78 is 7.68. The van der Waals surface area contributed by atoms with Crippen molar-refractivity contribution < 1.29 is 9.53 Å². The van der Waals surface area contributed by atoms with Gasteiger partial charge in [0.05, 0.1) is 16.7 Å². The fraction of sp³-hybridized carbons (Fsp3) is 0.462. The Kier molecular flexibility index (Phi) is 2.70. The van der Waals surface area contributed by atoms with E-state index in [9.17, 15) is 4.79 Å². The zero-order chi connectivity index (χ0) is 13.7. The lowest BCUT2D eigenvalue weighted by molar-refractivity contribution is 0.178. The predicted molar refractivity (Wildman–Crippen MR) is 75.6 cm³/mol. The highest BCUT2D eigenvalue weighted by molar-refractivity contribution is 9.10. The minimum Gasteiger partial charge on any atom is -0.447 e. The molecular formula is C13H13BrN4O2. The van der Waals surface area contributed by atoms with Gasteiger partial charge in [-0.25, -0.2) is 14.3 Å². The molecule has 104 valence electrons. The Labute approximate surface area is 123 Å². The molecule has 6 nitrogen and oxygen atoms in total. The Morgan fingerprint density at radius 3 is 3.10 bits per heavy atom. The highest BCUT2D eigenvalue weighted by atomic mass is 79.9. The molecule has 3 heterocycles. The average Bonchev–Trinajstić information content (AvgIpc) is 3.09. The molecule has 0 radical (unpaired) electrons. The Bertz CT molecular complexity index is 682. The van der Waals surface area contributed by atoms with E-state index in [0.29, 0.717) is 18.1 Å². The average molecular weight is 337 g/mol. The maximum Gasteiger partial charge on any atom is 0.415 e. The van der Waals surface area contributed by atoms with Crippen molar-refractivity contribution in [1.82, 2.24) is 14.6 Å². The van der Waals surface area contributed by atoms with Gasteiger partial charge in [0.1, 0.15) is 12.4 Å². The molecular weight excluding hydrogens is 324 g/mol. The maximum atomic E-state index is 12.0. The molecule has 1 unspecified atom stereocenters. The molecule has 0 N–H and O–H groups in total. The molecule has 7 heteroatoms. The first kappa shape index (κ1) is 12.1. The number of halogens is 1. The van der Waals surface area contributed by atoms with Crippen LogP contribution in [-0.2, 0) is 4.74 Å². The van der Waals surface area contributed by atoms with Crippen LogP contribution in [0, 0.1) is 5.92 Å². The van der Waals surface area contributed by atoms with Crippen LogP contribution in [0.4, 0.5) is 10.6 Å². The zero-order valence-corrected chi connectivity index (χ0v) is 12.3. The summed E-state index contributed by atoms with van der Waals surface area (Å²) in [5, 5.41) is 4.16. The van der Waals surface area contributed by atoms with Gasteiger partial charge in [0.15, 0.2) is 5.65 Å². The SMILES string of the molecule is O=C1OCC(CC2CC2)N1c1ccn2ncc(Br)c2n1. The largest absolute Gasteiger partial charge is 0.447 e. The summed E-state index contributed by atoms with van der Waals surface area (Å²) in [5.41, 5.74) is 0.701. The molecule has 1 saturated carbocycles. The van der Waals surface area contributed by atoms with Gasteiger partial charge >= 0.3 is 6.09 Å². The number of carbonyl (C=O) groups excluding carboxylic acids is 1. The summed E-state index contributed by atoms with van der Waals surface area (Å²) in [4.78, 5) is 18.2. The van der Waals surface area contributed by atoms with Crippen molar-refractivity contribution in [3.8, 4) is 0 Å². The third-order valence-electron chi connectivity index (χ3n) is 3.82. The fourth-order valence-corrected chi connectivity index (χ4v) is 2.98. The topological polar surface area (TPSA) is 59.7 Å². The van der Waals surface area contributed by atoms with Crippen molar-refractivity contribution in [1.29, 1.82) is 0 Å². The van der Waals surface area contributed by atoms with Crippen LogP contribution in [0.3, 0.4) is 0 Å². The van der Waals surface area contributed by atoms with Crippen LogP contribution in [0.5, 0.6) is 0 Å². The van der Waals surface area contributed by atoms with Crippen LogP contribution in [0.1, 0.15) is 19.3 Å². The van der Waals surface area contributed by atoms with Gasteiger partial charge in [-0.1, -0.05) is 12.8 Å². The predicted octanol–water partition coefficient (Wildman–Crippen LogP) is 2.62. The number of nitrogens with zero attached hydrogens (tertiary/aromatic N) is 4. The first-order chi connectivity index (χ1) is 9.72. The number of ether oxygens (including phenoxy) is 1. The van der Waals surface area contributed by atoms with Crippen molar-refractivity contribution in [2.75, 3.05) is 11.5 Å². The van der Waals surface area contributed by atoms with E-state index >= 15 is 0 Å². The summed E-state index contributed by atoms with van der Waals surface area (Å²) in [6.45, 7) is 0.461. The molecule has 1 aliphatic heterocycles. The van der Waals surface area contributed by atoms with Crippen LogP contribution in [0.15, 0.2) is 22.9 Å². The monoisotopic (exact) mass is 336 g/mol. The lowest BCUT2D eigenvalue weighted by Gasteiger charge is -2.20. The van der Waals surface area contributed by atoms with Gasteiger partial charge in [-0.3, -0.25) is 4.90 Å². The number of hydrogen-bond donors (Lipinski definition) is 0. The van der Waals surface area contributed by atoms with E-state index in [0.717, 1.165) is 16.8 Å². The van der Waals surface area contributed by atoms with Crippen molar-refractivity contribution in [2.45, 2.75) is 25.3 Å². The molecule has 1 aliphatic carbocycles. The molecule has 2 aromatic heterocycles. The van der Waals surface area contributed by atoms with Gasteiger partial charge in [-0.05, 0) is 34.3 Å². The Morgan fingerprint density at radius 1 is 1.45 bits per heavy atom. The van der Waals surface area contributed by atoms with Crippen LogP contribution < -0.4 is 4.90 Å². The molecule has 1 amide bonds. The van der Waals surface area contributed by atoms with Crippen LogP contribution >= 0.6 is 15.9 Å². The van der Waals surface area contributed by atoms with Crippen LogP contribution in [-0.4, -0.2) is 33.3 Å². The Hall–Kier alpha value is -1.63. The molecule has 2 aromatic rings. The van der Waals surface area contributed by atoms with Crippen molar-refractivity contribution in [3.63, 3.8) is 0 Å². The second kappa shape index (κ2) is 4.44. The fourth-order valence-electron chi connectivity index (χ4n) is 2.62. The second-order valence-corrected chi connectivity index (χ2v) is 6.18. The number of amides is 1. The van der Waals surface area contributed by atoms with Gasteiger partial charge in [-0.15, -0.1) is 0 Å². The summed E-state index contributed by atoms with van der Waals surface area (Å²) in [6.07, 6.45) is 6.72. The molecule has 0 spiro atoms. The minimum atomic E-state index is -0.303. The first-order valence-electron chi connectivity index (χ1n) is 6.68. The lowest BCUT2D eigenvalue weighted by Crippen LogP contribution is -2.34. The van der Waals surface area contributed by atoms with E-state index in [2.05, 4.69) is 26.0 Å². The first-order valence-corrected chi connectivity index (χ1v) is 7.47. The van der Waals surface area contributed by atoms with Crippen LogP contribution in [0.2, 0.25) is 0 Å². The van der Waals surface area contributed by atoms with Crippen LogP contribution in [0.25, 0.3) is 5.65 Å². The number of aromatic nitrogens is 3. The standard InChI is InChI=1S/C13H13BrN4O2/c14-10-6-15-17-4-3-11(16-12(10)17)18-9(5-8-1-2-8)7-20-13(18)19/h3-4,6,8-9H,1-2,5,7H2. The second-order valence-electron chi connectivity index (χ2n) is 5.33. The van der Waals surface area contributed by atoms with Gasteiger partial charge in [-0.2, -0.15) is 5.10 Å². The zero-order valence-electron chi connectivity index (χ0n) is 10.7. The van der Waals surface area contributed by atoms with E-state index in [-0.39, 0.29) is 12.1 Å². The molecule has 2 fully saturated rings. The van der Waals surface area contributed by atoms with Gasteiger partial charge in [0, 0.05) is 6.20 Å². The van der Waals surface area contributed by atoms with Gasteiger partial charge < -0.3 is 4.74 Å². The van der Waals surface area contributed by atoms with Crippen molar-refractivity contribution in [3.05, 3.63) is 22.9 Å². The highest BCUT2D eigenvalue weighted by Crippen LogP contribution is 2.37. The summed E-state index contributed by atoms with van der Waals surface area (Å²) in [6, 6.07) is 1.91. The summed E-state index contributed by atoms with van der Waals surface area (Å²) in [7, 11) is 0. The normalized spacial score (nSPS) is 22.6. The summed E-state index contributed by atoms with van der Waals surface area (Å²) >= 11 is 3.41. The molecule has 1 saturated heterocycles. The minimum absolute atomic E-state index is 0.103. The molecule has 2 aliphatic rings. The highest BCUT2D eigenvalue weighted by Gasteiger charge is 2.38. The lowest BCUT2D eigenvalue weighted by atomic mass is 10.1. The maximum absolute atomic E-state index is 12.0. The van der Waals surface area contributed by atoms with E-state index in [1.807, 2.05) is 6.20 Å². The molecule has 20 heavy (non-hydrogen) atoms. The molecule has 1 atom stereocenters. The van der Waals surface area contributed by atoms with E-state index in [4.69, 9.17) is 4.74 Å². The number of rotatable bonds is 3. The quantitative estimate of drug-likeness (QED) is 0.864. The third kappa shape index (κ3) is 1.96. The van der Waals surface area contributed by atoms with Crippen molar-refractivity contribution in [2.24, 2.45) is 5.92 Å². The molecule has 4 rings (SSSR count). The van der Waals surface area contributed by atoms with Crippen molar-refractivity contribution >= 4 is 33.5 Å². The molecule has 0 bridgehead atoms. The van der Waals surface area contributed by atoms with E-state index < -0.39 is 0 Å². The molecule has 0 aromatic carbocycles. The number of fused-ring (bicyclic) bond motifs is 1. The summed E-state index contributed by atoms with van der Waals surface area (Å²) in [5.74, 6) is 1.37. The number of carbonyl (C=O) groups is 1.